The molecule has 0 saturated heterocycles. The summed E-state index contributed by atoms with van der Waals surface area (Å²) in [6.45, 7) is 28.2. The van der Waals surface area contributed by atoms with E-state index in [0.29, 0.717) is 23.9 Å². The first-order valence-corrected chi connectivity index (χ1v) is 21.9. The van der Waals surface area contributed by atoms with Gasteiger partial charge in [-0.05, 0) is 151 Å². The lowest BCUT2D eigenvalue weighted by Gasteiger charge is -2.26. The van der Waals surface area contributed by atoms with Gasteiger partial charge in [0.25, 0.3) is 0 Å². The van der Waals surface area contributed by atoms with Gasteiger partial charge in [-0.1, -0.05) is 111 Å². The lowest BCUT2D eigenvalue weighted by atomic mass is 9.98. The van der Waals surface area contributed by atoms with Gasteiger partial charge < -0.3 is 28.4 Å². The van der Waals surface area contributed by atoms with Gasteiger partial charge >= 0.3 is 0 Å². The Hall–Kier alpha value is -3.06. The molecule has 0 aliphatic heterocycles. The van der Waals surface area contributed by atoms with Gasteiger partial charge in [-0.3, -0.25) is 0 Å². The Balaban J connectivity index is 0.000000291. The van der Waals surface area contributed by atoms with Gasteiger partial charge in [0.1, 0.15) is 17.2 Å². The van der Waals surface area contributed by atoms with Crippen molar-refractivity contribution < 1.29 is 28.4 Å². The molecule has 6 unspecified atom stereocenters. The average molecular weight is 777 g/mol. The van der Waals surface area contributed by atoms with Crippen molar-refractivity contribution in [2.24, 2.45) is 0 Å². The summed E-state index contributed by atoms with van der Waals surface area (Å²) in [5.74, 6) is 4.46. The van der Waals surface area contributed by atoms with E-state index in [1.807, 2.05) is 65.8 Å². The van der Waals surface area contributed by atoms with E-state index >= 15 is 0 Å². The highest BCUT2D eigenvalue weighted by Gasteiger charge is 2.18. The van der Waals surface area contributed by atoms with E-state index in [4.69, 9.17) is 28.4 Å². The zero-order valence-electron chi connectivity index (χ0n) is 37.7. The van der Waals surface area contributed by atoms with Crippen LogP contribution in [-0.4, -0.2) is 37.2 Å². The van der Waals surface area contributed by atoms with Crippen LogP contribution in [0.5, 0.6) is 17.2 Å². The molecule has 6 nitrogen and oxygen atoms in total. The summed E-state index contributed by atoms with van der Waals surface area (Å²) in [5, 5.41) is 0. The Morgan fingerprint density at radius 3 is 1.25 bits per heavy atom. The van der Waals surface area contributed by atoms with Crippen molar-refractivity contribution in [1.29, 1.82) is 0 Å². The van der Waals surface area contributed by atoms with Gasteiger partial charge in [-0.15, -0.1) is 0 Å². The lowest BCUT2D eigenvalue weighted by molar-refractivity contribution is -0.140. The average Bonchev–Trinajstić information content (AvgIpc) is 3.18. The van der Waals surface area contributed by atoms with Crippen LogP contribution >= 0.6 is 0 Å². The monoisotopic (exact) mass is 777 g/mol. The van der Waals surface area contributed by atoms with Crippen LogP contribution in [0.1, 0.15) is 189 Å². The summed E-state index contributed by atoms with van der Waals surface area (Å²) in [6.07, 6.45) is 11.8. The molecule has 0 heterocycles. The first-order valence-electron chi connectivity index (χ1n) is 21.9. The second kappa shape index (κ2) is 26.8. The summed E-state index contributed by atoms with van der Waals surface area (Å²) >= 11 is 0. The summed E-state index contributed by atoms with van der Waals surface area (Å²) in [6, 6.07) is 25.1. The highest BCUT2D eigenvalue weighted by atomic mass is 16.7. The minimum Gasteiger partial charge on any atom is -0.465 e. The Kier molecular flexibility index (Phi) is 23.5. The summed E-state index contributed by atoms with van der Waals surface area (Å²) < 4.78 is 34.6. The number of ether oxygens (including phenoxy) is 6. The molecule has 3 aromatic carbocycles. The van der Waals surface area contributed by atoms with Crippen LogP contribution in [0.3, 0.4) is 0 Å². The number of rotatable bonds is 19. The van der Waals surface area contributed by atoms with Crippen LogP contribution in [-0.2, 0) is 14.2 Å². The standard InChI is InChI=1S/C18H28O2.2C16H26O2/c1-4-14(2)16-10-12-18(13-11-16)20-15(3)19-17-8-6-5-7-9-17;1-7-12(2)14-8-10-15(11-9-14)17-13(3)18-16(4,5)6;1-5-7-12-17-14(4)18-16-10-8-15(9-11-16)13(3)6-2/h10-15,17H,4-9H2,1-3H3;8-13H,7H2,1-6H3;8-11,13-14H,5-7,12H2,1-4H3. The Morgan fingerprint density at radius 2 is 0.893 bits per heavy atom. The third-order valence-electron chi connectivity index (χ3n) is 10.4. The van der Waals surface area contributed by atoms with Crippen LogP contribution in [0.2, 0.25) is 0 Å². The third-order valence-corrected chi connectivity index (χ3v) is 10.4. The van der Waals surface area contributed by atoms with Gasteiger partial charge in [0.05, 0.1) is 18.3 Å². The van der Waals surface area contributed by atoms with Gasteiger partial charge in [-0.25, -0.2) is 0 Å². The van der Waals surface area contributed by atoms with E-state index in [1.165, 1.54) is 55.2 Å². The van der Waals surface area contributed by atoms with E-state index in [-0.39, 0.29) is 24.5 Å². The maximum Gasteiger partial charge on any atom is 0.197 e. The molecule has 0 N–H and O–H groups in total. The minimum absolute atomic E-state index is 0.160. The first kappa shape index (κ1) is 49.1. The van der Waals surface area contributed by atoms with Gasteiger partial charge in [0.15, 0.2) is 18.9 Å². The second-order valence-electron chi connectivity index (χ2n) is 16.5. The Bertz CT molecular complexity index is 1390. The SMILES string of the molecule is CCC(C)c1ccc(OC(C)OC(C)(C)C)cc1.CCC(C)c1ccc(OC(C)OC2CCCCC2)cc1.CCCCOC(C)Oc1ccc(C(C)CC)cc1. The molecule has 1 fully saturated rings. The van der Waals surface area contributed by atoms with Gasteiger partial charge in [-0.2, -0.15) is 0 Å². The number of benzene rings is 3. The van der Waals surface area contributed by atoms with Crippen molar-refractivity contribution in [2.45, 2.75) is 203 Å². The number of hydrogen-bond donors (Lipinski definition) is 0. The maximum absolute atomic E-state index is 5.97. The summed E-state index contributed by atoms with van der Waals surface area (Å²) in [5.41, 5.74) is 3.91. The molecule has 0 amide bonds. The molecule has 1 aliphatic rings. The highest BCUT2D eigenvalue weighted by molar-refractivity contribution is 5.31. The zero-order valence-corrected chi connectivity index (χ0v) is 37.7. The topological polar surface area (TPSA) is 55.4 Å². The van der Waals surface area contributed by atoms with Crippen LogP contribution in [0, 0.1) is 0 Å². The van der Waals surface area contributed by atoms with E-state index < -0.39 is 0 Å². The summed E-state index contributed by atoms with van der Waals surface area (Å²) in [4.78, 5) is 0. The minimum atomic E-state index is -0.237. The predicted molar refractivity (Wildman–Crippen MR) is 235 cm³/mol. The van der Waals surface area contributed by atoms with Crippen LogP contribution in [0.15, 0.2) is 72.8 Å². The third kappa shape index (κ3) is 20.4. The molecule has 3 aromatic rings. The molecule has 56 heavy (non-hydrogen) atoms. The Labute approximate surface area is 343 Å². The number of hydrogen-bond acceptors (Lipinski definition) is 6. The molecule has 1 saturated carbocycles. The fraction of sp³-hybridized carbons (Fsp3) is 0.640. The molecule has 316 valence electrons. The predicted octanol–water partition coefficient (Wildman–Crippen LogP) is 14.8. The van der Waals surface area contributed by atoms with E-state index in [1.54, 1.807) is 0 Å². The molecule has 1 aliphatic carbocycles. The van der Waals surface area contributed by atoms with E-state index in [9.17, 15) is 0 Å². The van der Waals surface area contributed by atoms with Crippen molar-refractivity contribution in [3.05, 3.63) is 89.5 Å². The molecule has 6 heteroatoms. The van der Waals surface area contributed by atoms with Crippen molar-refractivity contribution >= 4 is 0 Å². The van der Waals surface area contributed by atoms with Gasteiger partial charge in [0.2, 0.25) is 0 Å². The first-order chi connectivity index (χ1) is 26.7. The zero-order chi connectivity index (χ0) is 41.5. The number of unbranched alkanes of at least 4 members (excludes halogenated alkanes) is 1. The van der Waals surface area contributed by atoms with E-state index in [0.717, 1.165) is 49.5 Å². The normalized spacial score (nSPS) is 16.4. The molecular weight excluding hydrogens is 697 g/mol. The fourth-order valence-electron chi connectivity index (χ4n) is 6.36. The quantitative estimate of drug-likeness (QED) is 0.0893. The Morgan fingerprint density at radius 1 is 0.518 bits per heavy atom. The molecule has 4 rings (SSSR count). The lowest BCUT2D eigenvalue weighted by Crippen LogP contribution is -2.29. The van der Waals surface area contributed by atoms with Crippen molar-refractivity contribution in [3.63, 3.8) is 0 Å². The fourth-order valence-corrected chi connectivity index (χ4v) is 6.36. The second-order valence-corrected chi connectivity index (χ2v) is 16.5. The van der Waals surface area contributed by atoms with Crippen LogP contribution in [0.25, 0.3) is 0 Å². The van der Waals surface area contributed by atoms with E-state index in [2.05, 4.69) is 97.0 Å². The maximum atomic E-state index is 5.97. The van der Waals surface area contributed by atoms with Gasteiger partial charge in [0, 0.05) is 0 Å². The van der Waals surface area contributed by atoms with Crippen LogP contribution < -0.4 is 14.2 Å². The molecule has 0 aromatic heterocycles. The molecule has 6 atom stereocenters. The molecular formula is C50H80O6. The van der Waals surface area contributed by atoms with Crippen molar-refractivity contribution in [1.82, 2.24) is 0 Å². The van der Waals surface area contributed by atoms with Crippen molar-refractivity contribution in [2.75, 3.05) is 6.61 Å². The van der Waals surface area contributed by atoms with Crippen molar-refractivity contribution in [3.8, 4) is 17.2 Å². The highest BCUT2D eigenvalue weighted by Crippen LogP contribution is 2.26. The largest absolute Gasteiger partial charge is 0.465 e. The summed E-state index contributed by atoms with van der Waals surface area (Å²) in [7, 11) is 0. The smallest absolute Gasteiger partial charge is 0.197 e. The molecule has 0 spiro atoms. The van der Waals surface area contributed by atoms with Crippen LogP contribution in [0.4, 0.5) is 0 Å². The molecule has 0 radical (unpaired) electrons. The molecule has 0 bridgehead atoms.